The quantitative estimate of drug-likeness (QED) is 0.892. The first kappa shape index (κ1) is 17.7. The summed E-state index contributed by atoms with van der Waals surface area (Å²) >= 11 is 0. The van der Waals surface area contributed by atoms with Crippen LogP contribution >= 0.6 is 0 Å². The average Bonchev–Trinajstić information content (AvgIpc) is 2.68. The Labute approximate surface area is 156 Å². The normalized spacial score (nSPS) is 23.4. The summed E-state index contributed by atoms with van der Waals surface area (Å²) in [4.78, 5) is 15.1. The van der Waals surface area contributed by atoms with E-state index in [0.29, 0.717) is 24.4 Å². The van der Waals surface area contributed by atoms with Crippen LogP contribution in [0.2, 0.25) is 0 Å². The smallest absolute Gasteiger partial charge is 0.241 e. The highest BCUT2D eigenvalue weighted by atomic mass is 16.6. The fraction of sp³-hybridized carbons (Fsp3) is 0.667. The summed E-state index contributed by atoms with van der Waals surface area (Å²) in [5.41, 5.74) is 1.34. The number of hydrogen-bond donors (Lipinski definition) is 1. The van der Waals surface area contributed by atoms with Crippen molar-refractivity contribution in [3.8, 4) is 11.5 Å². The second-order valence-corrected chi connectivity index (χ2v) is 8.12. The molecular weight excluding hydrogens is 328 g/mol. The second-order valence-electron chi connectivity index (χ2n) is 8.12. The maximum absolute atomic E-state index is 12.7. The third kappa shape index (κ3) is 3.68. The van der Waals surface area contributed by atoms with Crippen LogP contribution < -0.4 is 14.8 Å². The minimum atomic E-state index is -0.107. The number of nitrogens with one attached hydrogen (secondary N) is 1. The van der Waals surface area contributed by atoms with Gasteiger partial charge in [-0.25, -0.2) is 0 Å². The van der Waals surface area contributed by atoms with Crippen molar-refractivity contribution < 1.29 is 14.3 Å². The van der Waals surface area contributed by atoms with Gasteiger partial charge in [0.25, 0.3) is 0 Å². The lowest BCUT2D eigenvalue weighted by Gasteiger charge is -2.45. The minimum Gasteiger partial charge on any atom is -0.486 e. The molecule has 2 aliphatic heterocycles. The van der Waals surface area contributed by atoms with Crippen LogP contribution in [0.1, 0.15) is 51.9 Å². The second kappa shape index (κ2) is 7.47. The van der Waals surface area contributed by atoms with Crippen molar-refractivity contribution in [1.29, 1.82) is 0 Å². The Morgan fingerprint density at radius 1 is 1.04 bits per heavy atom. The Balaban J connectivity index is 1.33. The molecule has 4 rings (SSSR count). The molecule has 1 atom stereocenters. The lowest BCUT2D eigenvalue weighted by atomic mass is 9.68. The first-order chi connectivity index (χ1) is 12.7. The highest BCUT2D eigenvalue weighted by Gasteiger charge is 2.37. The SMILES string of the molecule is CC(C(=O)Nc1ccc2c(c1)OCCO2)N1CCC2(CCCCC2)CC1. The molecule has 1 aromatic rings. The van der Waals surface area contributed by atoms with Gasteiger partial charge < -0.3 is 14.8 Å². The van der Waals surface area contributed by atoms with Gasteiger partial charge in [-0.05, 0) is 63.2 Å². The standard InChI is InChI=1S/C21H30N2O3/c1-16(23-11-9-21(10-12-23)7-3-2-4-8-21)20(24)22-17-5-6-18-19(15-17)26-14-13-25-18/h5-6,15-16H,2-4,7-14H2,1H3,(H,22,24). The van der Waals surface area contributed by atoms with E-state index in [9.17, 15) is 4.79 Å². The van der Waals surface area contributed by atoms with Crippen molar-refractivity contribution >= 4 is 11.6 Å². The van der Waals surface area contributed by atoms with E-state index in [2.05, 4.69) is 10.2 Å². The van der Waals surface area contributed by atoms with Crippen molar-refractivity contribution in [2.45, 2.75) is 57.9 Å². The molecule has 5 heteroatoms. The van der Waals surface area contributed by atoms with Crippen molar-refractivity contribution in [3.63, 3.8) is 0 Å². The molecule has 0 aromatic heterocycles. The first-order valence-electron chi connectivity index (χ1n) is 10.1. The molecule has 2 fully saturated rings. The zero-order chi connectivity index (χ0) is 18.0. The molecule has 0 bridgehead atoms. The molecule has 1 unspecified atom stereocenters. The van der Waals surface area contributed by atoms with E-state index in [-0.39, 0.29) is 11.9 Å². The van der Waals surface area contributed by atoms with Crippen molar-refractivity contribution in [2.24, 2.45) is 5.41 Å². The summed E-state index contributed by atoms with van der Waals surface area (Å²) in [6, 6.07) is 5.49. The number of anilines is 1. The number of ether oxygens (including phenoxy) is 2. The van der Waals surface area contributed by atoms with Crippen molar-refractivity contribution in [3.05, 3.63) is 18.2 Å². The van der Waals surface area contributed by atoms with Gasteiger partial charge in [-0.2, -0.15) is 0 Å². The van der Waals surface area contributed by atoms with Gasteiger partial charge in [0, 0.05) is 11.8 Å². The number of carbonyl (C=O) groups is 1. The highest BCUT2D eigenvalue weighted by molar-refractivity contribution is 5.94. The van der Waals surface area contributed by atoms with Crippen LogP contribution in [-0.4, -0.2) is 43.2 Å². The van der Waals surface area contributed by atoms with E-state index >= 15 is 0 Å². The summed E-state index contributed by atoms with van der Waals surface area (Å²) < 4.78 is 11.1. The summed E-state index contributed by atoms with van der Waals surface area (Å²) in [5.74, 6) is 1.51. The molecule has 1 saturated carbocycles. The van der Waals surface area contributed by atoms with Crippen LogP contribution in [0.25, 0.3) is 0 Å². The zero-order valence-corrected chi connectivity index (χ0v) is 15.8. The fourth-order valence-electron chi connectivity index (χ4n) is 4.72. The van der Waals surface area contributed by atoms with E-state index in [1.807, 2.05) is 25.1 Å². The Morgan fingerprint density at radius 2 is 1.73 bits per heavy atom. The lowest BCUT2D eigenvalue weighted by Crippen LogP contribution is -2.49. The minimum absolute atomic E-state index is 0.0567. The molecule has 1 N–H and O–H groups in total. The molecule has 1 saturated heterocycles. The molecular formula is C21H30N2O3. The molecule has 26 heavy (non-hydrogen) atoms. The van der Waals surface area contributed by atoms with Crippen LogP contribution in [-0.2, 0) is 4.79 Å². The largest absolute Gasteiger partial charge is 0.486 e. The Hall–Kier alpha value is -1.75. The molecule has 1 amide bonds. The molecule has 1 spiro atoms. The topological polar surface area (TPSA) is 50.8 Å². The zero-order valence-electron chi connectivity index (χ0n) is 15.8. The Morgan fingerprint density at radius 3 is 2.46 bits per heavy atom. The maximum Gasteiger partial charge on any atom is 0.241 e. The Kier molecular flexibility index (Phi) is 5.07. The molecule has 2 heterocycles. The van der Waals surface area contributed by atoms with Crippen LogP contribution in [0, 0.1) is 5.41 Å². The number of amides is 1. The van der Waals surface area contributed by atoms with E-state index in [1.54, 1.807) is 0 Å². The Bertz CT molecular complexity index is 645. The maximum atomic E-state index is 12.7. The molecule has 5 nitrogen and oxygen atoms in total. The van der Waals surface area contributed by atoms with Crippen LogP contribution in [0.15, 0.2) is 18.2 Å². The van der Waals surface area contributed by atoms with Gasteiger partial charge in [-0.1, -0.05) is 19.3 Å². The first-order valence-corrected chi connectivity index (χ1v) is 10.1. The molecule has 142 valence electrons. The van der Waals surface area contributed by atoms with Crippen LogP contribution in [0.5, 0.6) is 11.5 Å². The van der Waals surface area contributed by atoms with Gasteiger partial charge in [0.05, 0.1) is 6.04 Å². The summed E-state index contributed by atoms with van der Waals surface area (Å²) in [6.45, 7) is 5.22. The lowest BCUT2D eigenvalue weighted by molar-refractivity contribution is -0.121. The predicted octanol–water partition coefficient (Wildman–Crippen LogP) is 3.83. The van der Waals surface area contributed by atoms with Gasteiger partial charge in [0.1, 0.15) is 13.2 Å². The number of piperidine rings is 1. The predicted molar refractivity (Wildman–Crippen MR) is 102 cm³/mol. The fourth-order valence-corrected chi connectivity index (χ4v) is 4.72. The summed E-state index contributed by atoms with van der Waals surface area (Å²) in [5, 5.41) is 3.04. The van der Waals surface area contributed by atoms with Gasteiger partial charge in [-0.3, -0.25) is 9.69 Å². The summed E-state index contributed by atoms with van der Waals surface area (Å²) in [7, 11) is 0. The average molecular weight is 358 g/mol. The van der Waals surface area contributed by atoms with Crippen LogP contribution in [0.3, 0.4) is 0 Å². The number of benzene rings is 1. The number of likely N-dealkylation sites (tertiary alicyclic amines) is 1. The van der Waals surface area contributed by atoms with E-state index in [0.717, 1.165) is 24.5 Å². The number of carbonyl (C=O) groups excluding carboxylic acids is 1. The summed E-state index contributed by atoms with van der Waals surface area (Å²) in [6.07, 6.45) is 9.45. The van der Waals surface area contributed by atoms with Gasteiger partial charge in [-0.15, -0.1) is 0 Å². The third-order valence-electron chi connectivity index (χ3n) is 6.51. The molecule has 1 aliphatic carbocycles. The number of nitrogens with zero attached hydrogens (tertiary/aromatic N) is 1. The van der Waals surface area contributed by atoms with Crippen molar-refractivity contribution in [2.75, 3.05) is 31.6 Å². The van der Waals surface area contributed by atoms with E-state index in [4.69, 9.17) is 9.47 Å². The van der Waals surface area contributed by atoms with Gasteiger partial charge in [0.2, 0.25) is 5.91 Å². The number of hydrogen-bond acceptors (Lipinski definition) is 4. The number of fused-ring (bicyclic) bond motifs is 1. The van der Waals surface area contributed by atoms with Crippen LogP contribution in [0.4, 0.5) is 5.69 Å². The molecule has 3 aliphatic rings. The van der Waals surface area contributed by atoms with Crippen molar-refractivity contribution in [1.82, 2.24) is 4.90 Å². The van der Waals surface area contributed by atoms with E-state index in [1.165, 1.54) is 44.9 Å². The number of rotatable bonds is 3. The molecule has 0 radical (unpaired) electrons. The van der Waals surface area contributed by atoms with E-state index < -0.39 is 0 Å². The molecule has 1 aromatic carbocycles. The van der Waals surface area contributed by atoms with Gasteiger partial charge >= 0.3 is 0 Å². The van der Waals surface area contributed by atoms with Gasteiger partial charge in [0.15, 0.2) is 11.5 Å². The monoisotopic (exact) mass is 358 g/mol. The third-order valence-corrected chi connectivity index (χ3v) is 6.51. The highest BCUT2D eigenvalue weighted by Crippen LogP contribution is 2.44.